The molecule has 0 aliphatic heterocycles. The van der Waals surface area contributed by atoms with E-state index in [-0.39, 0.29) is 0 Å². The molecule has 1 unspecified atom stereocenters. The number of nitrogens with zero attached hydrogens (tertiary/aromatic N) is 2. The van der Waals surface area contributed by atoms with Gasteiger partial charge in [0.15, 0.2) is 0 Å². The summed E-state index contributed by atoms with van der Waals surface area (Å²) in [6, 6.07) is 7.04. The zero-order valence-corrected chi connectivity index (χ0v) is 12.5. The first-order valence-corrected chi connectivity index (χ1v) is 7.39. The minimum Gasteiger partial charge on any atom is -0.399 e. The van der Waals surface area contributed by atoms with E-state index < -0.39 is 0 Å². The van der Waals surface area contributed by atoms with Crippen molar-refractivity contribution in [2.24, 2.45) is 0 Å². The minimum atomic E-state index is 0.600. The summed E-state index contributed by atoms with van der Waals surface area (Å²) in [7, 11) is 4.29. The average Bonchev–Trinajstić information content (AvgIpc) is 2.77. The molecule has 1 aromatic carbocycles. The van der Waals surface area contributed by atoms with Crippen LogP contribution >= 0.6 is 0 Å². The third-order valence-corrected chi connectivity index (χ3v) is 4.11. The quantitative estimate of drug-likeness (QED) is 0.799. The van der Waals surface area contributed by atoms with Crippen molar-refractivity contribution in [1.82, 2.24) is 9.80 Å². The summed E-state index contributed by atoms with van der Waals surface area (Å²) in [5, 5.41) is 0. The first-order valence-electron chi connectivity index (χ1n) is 7.39. The van der Waals surface area contributed by atoms with Crippen LogP contribution in [-0.2, 0) is 6.42 Å². The molecule has 0 aromatic heterocycles. The lowest BCUT2D eigenvalue weighted by Gasteiger charge is -2.29. The Bertz CT molecular complexity index is 414. The molecule has 2 N–H and O–H groups in total. The number of nitrogen functional groups attached to an aromatic ring is 1. The van der Waals surface area contributed by atoms with Crippen LogP contribution in [0, 0.1) is 0 Å². The zero-order valence-electron chi connectivity index (χ0n) is 12.5. The normalized spacial score (nSPS) is 18.3. The molecule has 0 heterocycles. The summed E-state index contributed by atoms with van der Waals surface area (Å²) < 4.78 is 0. The van der Waals surface area contributed by atoms with Gasteiger partial charge in [0.2, 0.25) is 0 Å². The van der Waals surface area contributed by atoms with Crippen molar-refractivity contribution in [2.45, 2.75) is 32.2 Å². The third kappa shape index (κ3) is 3.48. The van der Waals surface area contributed by atoms with E-state index in [1.54, 1.807) is 0 Å². The van der Waals surface area contributed by atoms with Crippen molar-refractivity contribution in [2.75, 3.05) is 39.5 Å². The van der Waals surface area contributed by atoms with Gasteiger partial charge in [-0.15, -0.1) is 0 Å². The number of rotatable bonds is 6. The first-order chi connectivity index (χ1) is 9.11. The Balaban J connectivity index is 2.01. The van der Waals surface area contributed by atoms with E-state index in [1.165, 1.54) is 36.9 Å². The summed E-state index contributed by atoms with van der Waals surface area (Å²) >= 11 is 0. The predicted molar refractivity (Wildman–Crippen MR) is 82.3 cm³/mol. The molecule has 1 aliphatic rings. The van der Waals surface area contributed by atoms with E-state index in [0.29, 0.717) is 6.04 Å². The number of hydrogen-bond acceptors (Lipinski definition) is 3. The van der Waals surface area contributed by atoms with E-state index in [2.05, 4.69) is 43.0 Å². The molecule has 106 valence electrons. The fourth-order valence-corrected chi connectivity index (χ4v) is 3.12. The highest BCUT2D eigenvalue weighted by molar-refractivity contribution is 5.47. The van der Waals surface area contributed by atoms with Crippen LogP contribution in [-0.4, -0.2) is 43.5 Å². The van der Waals surface area contributed by atoms with Crippen LogP contribution in [0.1, 0.15) is 36.9 Å². The molecule has 0 saturated carbocycles. The molecule has 1 aromatic rings. The Labute approximate surface area is 117 Å². The summed E-state index contributed by atoms with van der Waals surface area (Å²) in [6.45, 7) is 5.74. The fraction of sp³-hybridized carbons (Fsp3) is 0.625. The van der Waals surface area contributed by atoms with Crippen LogP contribution in [0.2, 0.25) is 0 Å². The average molecular weight is 261 g/mol. The maximum atomic E-state index is 5.88. The van der Waals surface area contributed by atoms with E-state index in [0.717, 1.165) is 18.8 Å². The van der Waals surface area contributed by atoms with Gasteiger partial charge in [-0.3, -0.25) is 4.90 Å². The van der Waals surface area contributed by atoms with Crippen LogP contribution in [0.15, 0.2) is 18.2 Å². The van der Waals surface area contributed by atoms with Gasteiger partial charge in [-0.2, -0.15) is 0 Å². The van der Waals surface area contributed by atoms with E-state index in [1.807, 2.05) is 6.07 Å². The zero-order chi connectivity index (χ0) is 13.8. The van der Waals surface area contributed by atoms with Crippen molar-refractivity contribution in [3.63, 3.8) is 0 Å². The Kier molecular flexibility index (Phi) is 4.83. The number of nitrogens with two attached hydrogens (primary N) is 1. The fourth-order valence-electron chi connectivity index (χ4n) is 3.12. The lowest BCUT2D eigenvalue weighted by molar-refractivity contribution is 0.197. The van der Waals surface area contributed by atoms with Crippen LogP contribution in [0.25, 0.3) is 0 Å². The molecular formula is C16H27N3. The van der Waals surface area contributed by atoms with Gasteiger partial charge >= 0.3 is 0 Å². The largest absolute Gasteiger partial charge is 0.399 e. The summed E-state index contributed by atoms with van der Waals surface area (Å²) in [4.78, 5) is 4.88. The predicted octanol–water partition coefficient (Wildman–Crippen LogP) is 2.53. The minimum absolute atomic E-state index is 0.600. The molecule has 0 radical (unpaired) electrons. The van der Waals surface area contributed by atoms with Crippen LogP contribution in [0.5, 0.6) is 0 Å². The molecule has 1 atom stereocenters. The summed E-state index contributed by atoms with van der Waals surface area (Å²) in [5.41, 5.74) is 9.73. The van der Waals surface area contributed by atoms with Gasteiger partial charge in [0.1, 0.15) is 0 Å². The number of aryl methyl sites for hydroxylation is 1. The van der Waals surface area contributed by atoms with Gasteiger partial charge < -0.3 is 10.6 Å². The first kappa shape index (κ1) is 14.4. The molecule has 0 amide bonds. The number of benzene rings is 1. The highest BCUT2D eigenvalue weighted by Gasteiger charge is 2.26. The molecule has 0 saturated heterocycles. The van der Waals surface area contributed by atoms with Crippen LogP contribution in [0.3, 0.4) is 0 Å². The van der Waals surface area contributed by atoms with Gasteiger partial charge in [0.25, 0.3) is 0 Å². The Morgan fingerprint density at radius 3 is 2.74 bits per heavy atom. The Morgan fingerprint density at radius 2 is 2.05 bits per heavy atom. The standard InChI is InChI=1S/C16H27N3/c1-4-19(11-5-10-18(2)3)16-9-6-13-12-14(17)7-8-15(13)16/h7-8,12,16H,4-6,9-11,17H2,1-3H3. The number of hydrogen-bond donors (Lipinski definition) is 1. The second-order valence-electron chi connectivity index (χ2n) is 5.80. The summed E-state index contributed by atoms with van der Waals surface area (Å²) in [5.74, 6) is 0. The lowest BCUT2D eigenvalue weighted by atomic mass is 10.1. The molecule has 0 bridgehead atoms. The van der Waals surface area contributed by atoms with Gasteiger partial charge in [0.05, 0.1) is 0 Å². The smallest absolute Gasteiger partial charge is 0.0353 e. The van der Waals surface area contributed by atoms with Crippen molar-refractivity contribution in [1.29, 1.82) is 0 Å². The molecule has 3 heteroatoms. The Hall–Kier alpha value is -1.06. The highest BCUT2D eigenvalue weighted by Crippen LogP contribution is 2.36. The van der Waals surface area contributed by atoms with Crippen LogP contribution < -0.4 is 5.73 Å². The molecule has 2 rings (SSSR count). The monoisotopic (exact) mass is 261 g/mol. The topological polar surface area (TPSA) is 32.5 Å². The van der Waals surface area contributed by atoms with Crippen molar-refractivity contribution in [3.8, 4) is 0 Å². The van der Waals surface area contributed by atoms with E-state index in [4.69, 9.17) is 5.73 Å². The molecular weight excluding hydrogens is 234 g/mol. The van der Waals surface area contributed by atoms with E-state index in [9.17, 15) is 0 Å². The molecule has 3 nitrogen and oxygen atoms in total. The Morgan fingerprint density at radius 1 is 1.26 bits per heavy atom. The maximum absolute atomic E-state index is 5.88. The highest BCUT2D eigenvalue weighted by atomic mass is 15.2. The van der Waals surface area contributed by atoms with Crippen molar-refractivity contribution in [3.05, 3.63) is 29.3 Å². The van der Waals surface area contributed by atoms with Gasteiger partial charge in [0, 0.05) is 11.7 Å². The summed E-state index contributed by atoms with van der Waals surface area (Å²) in [6.07, 6.45) is 3.66. The van der Waals surface area contributed by atoms with Gasteiger partial charge in [-0.1, -0.05) is 13.0 Å². The van der Waals surface area contributed by atoms with Gasteiger partial charge in [-0.05, 0) is 76.3 Å². The molecule has 0 spiro atoms. The third-order valence-electron chi connectivity index (χ3n) is 4.11. The molecule has 19 heavy (non-hydrogen) atoms. The van der Waals surface area contributed by atoms with Gasteiger partial charge in [-0.25, -0.2) is 0 Å². The number of anilines is 1. The van der Waals surface area contributed by atoms with Crippen molar-refractivity contribution < 1.29 is 0 Å². The van der Waals surface area contributed by atoms with Crippen molar-refractivity contribution >= 4 is 5.69 Å². The second kappa shape index (κ2) is 6.40. The number of fused-ring (bicyclic) bond motifs is 1. The second-order valence-corrected chi connectivity index (χ2v) is 5.80. The molecule has 0 fully saturated rings. The SMILES string of the molecule is CCN(CCCN(C)C)C1CCc2cc(N)ccc21. The maximum Gasteiger partial charge on any atom is 0.0353 e. The molecule has 1 aliphatic carbocycles. The lowest BCUT2D eigenvalue weighted by Crippen LogP contribution is -2.30. The van der Waals surface area contributed by atoms with Crippen LogP contribution in [0.4, 0.5) is 5.69 Å². The van der Waals surface area contributed by atoms with E-state index >= 15 is 0 Å².